The molecule has 2 atom stereocenters. The number of amides is 2. The standard InChI is InChI=1S/C31H31N3O3S/c35-30(27-21-38-28(32-27)20-37-24-16-8-3-9-17-24)33-25-18-10-11-19-26(25)34-31(36)29(22-12-4-1-5-13-22)23-14-6-2-7-15-23/h1-9,12-17,21,25-26,29H,10-11,18-20H2,(H,33,35)(H,34,36)/t25-,26-/m0/s1. The molecule has 0 aliphatic heterocycles. The number of rotatable bonds is 9. The van der Waals surface area contributed by atoms with Crippen LogP contribution in [0.25, 0.3) is 0 Å². The first-order chi connectivity index (χ1) is 18.7. The molecule has 4 aromatic rings. The number of nitrogens with zero attached hydrogens (tertiary/aromatic N) is 1. The summed E-state index contributed by atoms with van der Waals surface area (Å²) in [6.45, 7) is 0.310. The highest BCUT2D eigenvalue weighted by molar-refractivity contribution is 7.09. The zero-order chi connectivity index (χ0) is 26.2. The van der Waals surface area contributed by atoms with Crippen molar-refractivity contribution in [3.8, 4) is 5.75 Å². The molecule has 1 fully saturated rings. The van der Waals surface area contributed by atoms with Crippen molar-refractivity contribution in [3.63, 3.8) is 0 Å². The zero-order valence-corrected chi connectivity index (χ0v) is 21.9. The van der Waals surface area contributed by atoms with Crippen molar-refractivity contribution in [3.05, 3.63) is 118 Å². The molecule has 194 valence electrons. The predicted octanol–water partition coefficient (Wildman–Crippen LogP) is 5.71. The quantitative estimate of drug-likeness (QED) is 0.293. The van der Waals surface area contributed by atoms with Crippen LogP contribution in [0.5, 0.6) is 5.75 Å². The minimum absolute atomic E-state index is 0.0532. The van der Waals surface area contributed by atoms with Gasteiger partial charge in [-0.05, 0) is 36.1 Å². The second kappa shape index (κ2) is 12.5. The van der Waals surface area contributed by atoms with Gasteiger partial charge in [-0.2, -0.15) is 0 Å². The summed E-state index contributed by atoms with van der Waals surface area (Å²) in [6, 6.07) is 28.9. The van der Waals surface area contributed by atoms with Gasteiger partial charge in [0.25, 0.3) is 5.91 Å². The number of hydrogen-bond donors (Lipinski definition) is 2. The monoisotopic (exact) mass is 525 g/mol. The van der Waals surface area contributed by atoms with Gasteiger partial charge in [0.05, 0.1) is 5.92 Å². The fraction of sp³-hybridized carbons (Fsp3) is 0.258. The number of ether oxygens (including phenoxy) is 1. The largest absolute Gasteiger partial charge is 0.486 e. The molecule has 7 heteroatoms. The lowest BCUT2D eigenvalue weighted by Gasteiger charge is -2.34. The van der Waals surface area contributed by atoms with Gasteiger partial charge < -0.3 is 15.4 Å². The molecule has 3 aromatic carbocycles. The fourth-order valence-corrected chi connectivity index (χ4v) is 5.60. The summed E-state index contributed by atoms with van der Waals surface area (Å²) < 4.78 is 5.76. The van der Waals surface area contributed by atoms with Crippen LogP contribution in [-0.4, -0.2) is 28.9 Å². The van der Waals surface area contributed by atoms with E-state index >= 15 is 0 Å². The molecule has 1 aromatic heterocycles. The van der Waals surface area contributed by atoms with Crippen LogP contribution < -0.4 is 15.4 Å². The molecule has 1 aliphatic carbocycles. The first-order valence-corrected chi connectivity index (χ1v) is 13.9. The molecule has 0 unspecified atom stereocenters. The van der Waals surface area contributed by atoms with E-state index in [-0.39, 0.29) is 23.9 Å². The lowest BCUT2D eigenvalue weighted by molar-refractivity contribution is -0.122. The molecular weight excluding hydrogens is 494 g/mol. The molecule has 1 saturated carbocycles. The third kappa shape index (κ3) is 6.47. The summed E-state index contributed by atoms with van der Waals surface area (Å²) >= 11 is 1.40. The summed E-state index contributed by atoms with van der Waals surface area (Å²) in [5.74, 6) is 0.0729. The van der Waals surface area contributed by atoms with E-state index in [9.17, 15) is 9.59 Å². The van der Waals surface area contributed by atoms with Gasteiger partial charge in [0, 0.05) is 17.5 Å². The maximum absolute atomic E-state index is 13.7. The van der Waals surface area contributed by atoms with Crippen LogP contribution in [0, 0.1) is 0 Å². The molecular formula is C31H31N3O3S. The summed E-state index contributed by atoms with van der Waals surface area (Å²) in [5.41, 5.74) is 2.27. The van der Waals surface area contributed by atoms with Crippen molar-refractivity contribution in [1.82, 2.24) is 15.6 Å². The van der Waals surface area contributed by atoms with E-state index in [0.29, 0.717) is 12.3 Å². The number of carbonyl (C=O) groups excluding carboxylic acids is 2. The van der Waals surface area contributed by atoms with E-state index in [1.165, 1.54) is 11.3 Å². The van der Waals surface area contributed by atoms with Gasteiger partial charge in [-0.25, -0.2) is 4.98 Å². The Labute approximate surface area is 227 Å². The summed E-state index contributed by atoms with van der Waals surface area (Å²) in [4.78, 5) is 31.2. The van der Waals surface area contributed by atoms with E-state index in [1.807, 2.05) is 91.0 Å². The van der Waals surface area contributed by atoms with Crippen LogP contribution in [0.15, 0.2) is 96.4 Å². The van der Waals surface area contributed by atoms with Crippen LogP contribution in [-0.2, 0) is 11.4 Å². The number of nitrogens with one attached hydrogen (secondary N) is 2. The highest BCUT2D eigenvalue weighted by atomic mass is 32.1. The average Bonchev–Trinajstić information content (AvgIpc) is 3.44. The summed E-state index contributed by atoms with van der Waals surface area (Å²) in [6.07, 6.45) is 3.65. The van der Waals surface area contributed by atoms with E-state index in [2.05, 4.69) is 15.6 Å². The van der Waals surface area contributed by atoms with E-state index < -0.39 is 5.92 Å². The summed E-state index contributed by atoms with van der Waals surface area (Å²) in [5, 5.41) is 8.92. The van der Waals surface area contributed by atoms with Gasteiger partial charge in [0.15, 0.2) is 0 Å². The number of aromatic nitrogens is 1. The van der Waals surface area contributed by atoms with Crippen LogP contribution in [0.4, 0.5) is 0 Å². The second-order valence-corrected chi connectivity index (χ2v) is 10.4. The minimum Gasteiger partial charge on any atom is -0.486 e. The predicted molar refractivity (Wildman–Crippen MR) is 149 cm³/mol. The van der Waals surface area contributed by atoms with Gasteiger partial charge in [0.2, 0.25) is 5.91 Å². The lowest BCUT2D eigenvalue weighted by atomic mass is 9.87. The maximum atomic E-state index is 13.7. The fourth-order valence-electron chi connectivity index (χ4n) is 4.91. The highest BCUT2D eigenvalue weighted by Gasteiger charge is 2.31. The SMILES string of the molecule is O=C(N[C@H]1CCCC[C@@H]1NC(=O)C(c1ccccc1)c1ccccc1)c1csc(COc2ccccc2)n1. The van der Waals surface area contributed by atoms with Gasteiger partial charge in [-0.1, -0.05) is 91.7 Å². The van der Waals surface area contributed by atoms with Crippen LogP contribution in [0.1, 0.15) is 58.2 Å². The molecule has 38 heavy (non-hydrogen) atoms. The third-order valence-electron chi connectivity index (χ3n) is 6.83. The molecule has 1 heterocycles. The van der Waals surface area contributed by atoms with Crippen LogP contribution in [0.3, 0.4) is 0 Å². The minimum atomic E-state index is -0.415. The molecule has 1 aliphatic rings. The van der Waals surface area contributed by atoms with Crippen LogP contribution >= 0.6 is 11.3 Å². The topological polar surface area (TPSA) is 80.3 Å². The Morgan fingerprint density at radius 2 is 1.37 bits per heavy atom. The number of carbonyl (C=O) groups is 2. The van der Waals surface area contributed by atoms with Crippen molar-refractivity contribution in [2.45, 2.75) is 50.3 Å². The van der Waals surface area contributed by atoms with E-state index in [4.69, 9.17) is 4.74 Å². The zero-order valence-electron chi connectivity index (χ0n) is 21.1. The summed E-state index contributed by atoms with van der Waals surface area (Å²) in [7, 11) is 0. The highest BCUT2D eigenvalue weighted by Crippen LogP contribution is 2.27. The number of hydrogen-bond acceptors (Lipinski definition) is 5. The average molecular weight is 526 g/mol. The van der Waals surface area contributed by atoms with Crippen molar-refractivity contribution in [1.29, 1.82) is 0 Å². The Balaban J connectivity index is 1.24. The number of benzene rings is 3. The normalized spacial score (nSPS) is 17.1. The third-order valence-corrected chi connectivity index (χ3v) is 7.65. The van der Waals surface area contributed by atoms with Crippen LogP contribution in [0.2, 0.25) is 0 Å². The van der Waals surface area contributed by atoms with E-state index in [0.717, 1.165) is 47.6 Å². The van der Waals surface area contributed by atoms with Gasteiger partial charge in [-0.3, -0.25) is 9.59 Å². The van der Waals surface area contributed by atoms with Crippen molar-refractivity contribution < 1.29 is 14.3 Å². The molecule has 0 spiro atoms. The Bertz CT molecular complexity index is 1290. The Morgan fingerprint density at radius 3 is 1.97 bits per heavy atom. The number of para-hydroxylation sites is 1. The molecule has 2 N–H and O–H groups in total. The molecule has 0 bridgehead atoms. The maximum Gasteiger partial charge on any atom is 0.271 e. The van der Waals surface area contributed by atoms with Gasteiger partial charge in [-0.15, -0.1) is 11.3 Å². The molecule has 0 radical (unpaired) electrons. The first-order valence-electron chi connectivity index (χ1n) is 13.0. The lowest BCUT2D eigenvalue weighted by Crippen LogP contribution is -2.54. The second-order valence-electron chi connectivity index (χ2n) is 9.46. The Morgan fingerprint density at radius 1 is 0.816 bits per heavy atom. The molecule has 0 saturated heterocycles. The van der Waals surface area contributed by atoms with Crippen molar-refractivity contribution in [2.24, 2.45) is 0 Å². The van der Waals surface area contributed by atoms with Gasteiger partial charge in [0.1, 0.15) is 23.1 Å². The molecule has 2 amide bonds. The molecule has 6 nitrogen and oxygen atoms in total. The number of thiazole rings is 1. The Kier molecular flexibility index (Phi) is 8.46. The van der Waals surface area contributed by atoms with Gasteiger partial charge >= 0.3 is 0 Å². The van der Waals surface area contributed by atoms with Crippen molar-refractivity contribution >= 4 is 23.2 Å². The smallest absolute Gasteiger partial charge is 0.271 e. The first kappa shape index (κ1) is 25.7. The molecule has 5 rings (SSSR count). The van der Waals surface area contributed by atoms with E-state index in [1.54, 1.807) is 5.38 Å². The Hall–Kier alpha value is -3.97. The van der Waals surface area contributed by atoms with Crippen molar-refractivity contribution in [2.75, 3.05) is 0 Å².